The van der Waals surface area contributed by atoms with Crippen molar-refractivity contribution in [2.75, 3.05) is 38.8 Å². The molecule has 0 unspecified atom stereocenters. The molecule has 0 fully saturated rings. The van der Waals surface area contributed by atoms with Crippen LogP contribution in [0.5, 0.6) is 0 Å². The Balaban J connectivity index is 2.37. The van der Waals surface area contributed by atoms with Crippen molar-refractivity contribution in [2.45, 2.75) is 12.8 Å². The molecular formula is C14H19N3O4. The molecular weight excluding hydrogens is 274 g/mol. The van der Waals surface area contributed by atoms with Crippen molar-refractivity contribution in [3.8, 4) is 6.07 Å². The van der Waals surface area contributed by atoms with E-state index in [0.29, 0.717) is 37.6 Å². The van der Waals surface area contributed by atoms with Crippen molar-refractivity contribution in [3.05, 3.63) is 33.9 Å². The third kappa shape index (κ3) is 6.21. The fourth-order valence-electron chi connectivity index (χ4n) is 1.70. The van der Waals surface area contributed by atoms with Gasteiger partial charge in [0.2, 0.25) is 0 Å². The minimum Gasteiger partial charge on any atom is -0.382 e. The summed E-state index contributed by atoms with van der Waals surface area (Å²) in [5.74, 6) is 0. The van der Waals surface area contributed by atoms with Crippen LogP contribution in [0.4, 0.5) is 11.4 Å². The van der Waals surface area contributed by atoms with Gasteiger partial charge in [-0.1, -0.05) is 0 Å². The van der Waals surface area contributed by atoms with Crippen LogP contribution in [0.1, 0.15) is 18.4 Å². The first-order valence-electron chi connectivity index (χ1n) is 6.68. The lowest BCUT2D eigenvalue weighted by atomic mass is 10.2. The van der Waals surface area contributed by atoms with Crippen LogP contribution in [0.3, 0.4) is 0 Å². The molecule has 0 spiro atoms. The molecule has 0 atom stereocenters. The van der Waals surface area contributed by atoms with E-state index in [1.807, 2.05) is 6.07 Å². The molecule has 7 nitrogen and oxygen atoms in total. The SMILES string of the molecule is COCCOCCCCNc1cc(C#N)ccc1[N+](=O)[O-]. The van der Waals surface area contributed by atoms with E-state index >= 15 is 0 Å². The first-order valence-corrected chi connectivity index (χ1v) is 6.68. The smallest absolute Gasteiger partial charge is 0.292 e. The summed E-state index contributed by atoms with van der Waals surface area (Å²) < 4.78 is 10.2. The van der Waals surface area contributed by atoms with E-state index in [1.165, 1.54) is 18.2 Å². The lowest BCUT2D eigenvalue weighted by molar-refractivity contribution is -0.384. The third-order valence-electron chi connectivity index (χ3n) is 2.79. The number of methoxy groups -OCH3 is 1. The highest BCUT2D eigenvalue weighted by Crippen LogP contribution is 2.25. The summed E-state index contributed by atoms with van der Waals surface area (Å²) in [6, 6.07) is 6.24. The molecule has 0 amide bonds. The molecule has 21 heavy (non-hydrogen) atoms. The molecule has 0 saturated carbocycles. The lowest BCUT2D eigenvalue weighted by Crippen LogP contribution is -2.07. The highest BCUT2D eigenvalue weighted by Gasteiger charge is 2.13. The topological polar surface area (TPSA) is 97.4 Å². The van der Waals surface area contributed by atoms with Gasteiger partial charge in [-0.15, -0.1) is 0 Å². The number of unbranched alkanes of at least 4 members (excludes halogenated alkanes) is 1. The van der Waals surface area contributed by atoms with E-state index in [4.69, 9.17) is 14.7 Å². The molecule has 0 bridgehead atoms. The zero-order chi connectivity index (χ0) is 15.5. The Bertz CT molecular complexity index is 499. The molecule has 1 N–H and O–H groups in total. The molecule has 0 saturated heterocycles. The van der Waals surface area contributed by atoms with Crippen LogP contribution in [0, 0.1) is 21.4 Å². The highest BCUT2D eigenvalue weighted by atomic mass is 16.6. The second-order valence-electron chi connectivity index (χ2n) is 4.34. The molecule has 1 aromatic carbocycles. The zero-order valence-corrected chi connectivity index (χ0v) is 12.0. The summed E-state index contributed by atoms with van der Waals surface area (Å²) >= 11 is 0. The molecule has 0 aliphatic heterocycles. The van der Waals surface area contributed by atoms with Gasteiger partial charge in [-0.25, -0.2) is 0 Å². The average molecular weight is 293 g/mol. The molecule has 0 radical (unpaired) electrons. The molecule has 1 rings (SSSR count). The van der Waals surface area contributed by atoms with Gasteiger partial charge in [0.1, 0.15) is 5.69 Å². The van der Waals surface area contributed by atoms with Gasteiger partial charge in [-0.3, -0.25) is 10.1 Å². The van der Waals surface area contributed by atoms with Crippen LogP contribution in [-0.4, -0.2) is 38.4 Å². The van der Waals surface area contributed by atoms with Gasteiger partial charge in [-0.2, -0.15) is 5.26 Å². The average Bonchev–Trinajstić information content (AvgIpc) is 2.49. The normalized spacial score (nSPS) is 10.1. The molecule has 0 aromatic heterocycles. The van der Waals surface area contributed by atoms with Gasteiger partial charge in [0.25, 0.3) is 5.69 Å². The van der Waals surface area contributed by atoms with Gasteiger partial charge in [0.15, 0.2) is 0 Å². The number of nitro benzene ring substituents is 1. The molecule has 7 heteroatoms. The number of nitro groups is 1. The van der Waals surface area contributed by atoms with Crippen LogP contribution in [-0.2, 0) is 9.47 Å². The molecule has 0 aliphatic rings. The van der Waals surface area contributed by atoms with Gasteiger partial charge >= 0.3 is 0 Å². The Morgan fingerprint density at radius 1 is 1.33 bits per heavy atom. The molecule has 0 heterocycles. The number of hydrogen-bond donors (Lipinski definition) is 1. The Hall–Kier alpha value is -2.17. The summed E-state index contributed by atoms with van der Waals surface area (Å²) in [4.78, 5) is 10.4. The fourth-order valence-corrected chi connectivity index (χ4v) is 1.70. The summed E-state index contributed by atoms with van der Waals surface area (Å²) in [7, 11) is 1.62. The number of ether oxygens (including phenoxy) is 2. The van der Waals surface area contributed by atoms with Crippen LogP contribution in [0.25, 0.3) is 0 Å². The van der Waals surface area contributed by atoms with E-state index in [0.717, 1.165) is 12.8 Å². The Morgan fingerprint density at radius 2 is 2.14 bits per heavy atom. The Kier molecular flexibility index (Phi) is 7.79. The predicted octanol–water partition coefficient (Wildman–Crippen LogP) is 2.32. The van der Waals surface area contributed by atoms with Gasteiger partial charge in [0.05, 0.1) is 29.8 Å². The number of nitrogens with one attached hydrogen (secondary N) is 1. The lowest BCUT2D eigenvalue weighted by Gasteiger charge is -2.08. The number of nitrogens with zero attached hydrogens (tertiary/aromatic N) is 2. The number of rotatable bonds is 10. The minimum absolute atomic E-state index is 0.0228. The maximum absolute atomic E-state index is 10.9. The van der Waals surface area contributed by atoms with Gasteiger partial charge in [-0.05, 0) is 25.0 Å². The number of anilines is 1. The van der Waals surface area contributed by atoms with Crippen LogP contribution in [0.2, 0.25) is 0 Å². The van der Waals surface area contributed by atoms with Crippen molar-refractivity contribution < 1.29 is 14.4 Å². The van der Waals surface area contributed by atoms with Crippen molar-refractivity contribution in [1.29, 1.82) is 5.26 Å². The molecule has 0 aliphatic carbocycles. The Morgan fingerprint density at radius 3 is 2.81 bits per heavy atom. The van der Waals surface area contributed by atoms with E-state index < -0.39 is 4.92 Å². The maximum Gasteiger partial charge on any atom is 0.292 e. The standard InChI is InChI=1S/C14H19N3O4/c1-20-8-9-21-7-3-2-6-16-13-10-12(11-15)4-5-14(13)17(18)19/h4-5,10,16H,2-3,6-9H2,1H3. The van der Waals surface area contributed by atoms with Gasteiger partial charge < -0.3 is 14.8 Å². The zero-order valence-electron chi connectivity index (χ0n) is 12.0. The minimum atomic E-state index is -0.461. The summed E-state index contributed by atoms with van der Waals surface area (Å²) in [6.07, 6.45) is 1.67. The molecule has 1 aromatic rings. The summed E-state index contributed by atoms with van der Waals surface area (Å²) in [5.41, 5.74) is 0.746. The van der Waals surface area contributed by atoms with Crippen LogP contribution in [0.15, 0.2) is 18.2 Å². The fraction of sp³-hybridized carbons (Fsp3) is 0.500. The second-order valence-corrected chi connectivity index (χ2v) is 4.34. The van der Waals surface area contributed by atoms with E-state index in [-0.39, 0.29) is 5.69 Å². The maximum atomic E-state index is 10.9. The summed E-state index contributed by atoms with van der Waals surface area (Å²) in [6.45, 7) is 2.36. The van der Waals surface area contributed by atoms with Crippen LogP contribution < -0.4 is 5.32 Å². The van der Waals surface area contributed by atoms with Gasteiger partial charge in [0, 0.05) is 26.3 Å². The number of nitriles is 1. The summed E-state index contributed by atoms with van der Waals surface area (Å²) in [5, 5.41) is 22.7. The number of benzene rings is 1. The van der Waals surface area contributed by atoms with E-state index in [9.17, 15) is 10.1 Å². The second kappa shape index (κ2) is 9.69. The van der Waals surface area contributed by atoms with Crippen molar-refractivity contribution in [3.63, 3.8) is 0 Å². The number of hydrogen-bond acceptors (Lipinski definition) is 6. The largest absolute Gasteiger partial charge is 0.382 e. The first kappa shape index (κ1) is 16.9. The predicted molar refractivity (Wildman–Crippen MR) is 78.2 cm³/mol. The van der Waals surface area contributed by atoms with Crippen LogP contribution >= 0.6 is 0 Å². The van der Waals surface area contributed by atoms with Crippen molar-refractivity contribution >= 4 is 11.4 Å². The monoisotopic (exact) mass is 293 g/mol. The Labute approximate surface area is 123 Å². The van der Waals surface area contributed by atoms with Crippen molar-refractivity contribution in [2.24, 2.45) is 0 Å². The molecule has 114 valence electrons. The van der Waals surface area contributed by atoms with E-state index in [1.54, 1.807) is 7.11 Å². The van der Waals surface area contributed by atoms with E-state index in [2.05, 4.69) is 5.32 Å². The first-order chi connectivity index (χ1) is 10.2. The highest BCUT2D eigenvalue weighted by molar-refractivity contribution is 5.64. The third-order valence-corrected chi connectivity index (χ3v) is 2.79. The quantitative estimate of drug-likeness (QED) is 0.404. The van der Waals surface area contributed by atoms with Crippen molar-refractivity contribution in [1.82, 2.24) is 0 Å².